The van der Waals surface area contributed by atoms with Crippen LogP contribution in [0.15, 0.2) is 36.4 Å². The van der Waals surface area contributed by atoms with Crippen LogP contribution in [0.1, 0.15) is 155 Å². The van der Waals surface area contributed by atoms with Gasteiger partial charge in [0.05, 0.1) is 11.7 Å². The number of hydrogen-bond donors (Lipinski definition) is 0. The SMILES string of the molecule is CCCCCC(C)OC(=O)c1cc(F)c(C2CCC(CCCCC3CCC(c4ccc(C)cc4)CC3)CC2)cc1F. The molecule has 0 saturated heterocycles. The van der Waals surface area contributed by atoms with Gasteiger partial charge >= 0.3 is 5.97 Å². The fourth-order valence-corrected chi connectivity index (χ4v) is 7.27. The molecule has 0 radical (unpaired) electrons. The molecular weight excluding hydrogens is 514 g/mol. The van der Waals surface area contributed by atoms with E-state index >= 15 is 4.39 Å². The number of aryl methyl sites for hydroxylation is 1. The smallest absolute Gasteiger partial charge is 0.341 e. The molecule has 0 aliphatic heterocycles. The molecule has 0 aromatic heterocycles. The van der Waals surface area contributed by atoms with Crippen LogP contribution in [0.4, 0.5) is 8.78 Å². The summed E-state index contributed by atoms with van der Waals surface area (Å²) in [7, 11) is 0. The van der Waals surface area contributed by atoms with Gasteiger partial charge in [0.15, 0.2) is 0 Å². The second-order valence-electron chi connectivity index (χ2n) is 13.2. The Labute approximate surface area is 247 Å². The lowest BCUT2D eigenvalue weighted by atomic mass is 9.75. The predicted octanol–water partition coefficient (Wildman–Crippen LogP) is 11.2. The van der Waals surface area contributed by atoms with Crippen molar-refractivity contribution in [2.75, 3.05) is 0 Å². The van der Waals surface area contributed by atoms with Crippen LogP contribution in [-0.4, -0.2) is 12.1 Å². The number of ether oxygens (including phenoxy) is 1. The minimum Gasteiger partial charge on any atom is -0.459 e. The van der Waals surface area contributed by atoms with Crippen LogP contribution < -0.4 is 0 Å². The van der Waals surface area contributed by atoms with Gasteiger partial charge in [0, 0.05) is 0 Å². The number of rotatable bonds is 13. The van der Waals surface area contributed by atoms with E-state index in [0.29, 0.717) is 11.5 Å². The zero-order valence-electron chi connectivity index (χ0n) is 25.7. The first-order valence-electron chi connectivity index (χ1n) is 16.6. The summed E-state index contributed by atoms with van der Waals surface area (Å²) in [6, 6.07) is 11.5. The summed E-state index contributed by atoms with van der Waals surface area (Å²) >= 11 is 0. The van der Waals surface area contributed by atoms with E-state index < -0.39 is 17.6 Å². The molecule has 2 nitrogen and oxygen atoms in total. The fraction of sp³-hybridized carbons (Fsp3) is 0.649. The van der Waals surface area contributed by atoms with E-state index in [1.165, 1.54) is 68.6 Å². The highest BCUT2D eigenvalue weighted by Crippen LogP contribution is 2.41. The van der Waals surface area contributed by atoms with Crippen molar-refractivity contribution in [1.82, 2.24) is 0 Å². The van der Waals surface area contributed by atoms with Crippen molar-refractivity contribution >= 4 is 5.97 Å². The maximum atomic E-state index is 15.0. The highest BCUT2D eigenvalue weighted by Gasteiger charge is 2.27. The van der Waals surface area contributed by atoms with E-state index in [0.717, 1.165) is 69.3 Å². The molecule has 2 saturated carbocycles. The average molecular weight is 567 g/mol. The Morgan fingerprint density at radius 3 is 1.98 bits per heavy atom. The van der Waals surface area contributed by atoms with E-state index in [1.807, 2.05) is 6.92 Å². The molecule has 0 spiro atoms. The van der Waals surface area contributed by atoms with Crippen molar-refractivity contribution in [3.63, 3.8) is 0 Å². The van der Waals surface area contributed by atoms with Gasteiger partial charge in [-0.25, -0.2) is 13.6 Å². The number of esters is 1. The quantitative estimate of drug-likeness (QED) is 0.178. The van der Waals surface area contributed by atoms with Crippen LogP contribution >= 0.6 is 0 Å². The Bertz CT molecular complexity index is 1080. The molecule has 0 amide bonds. The Balaban J connectivity index is 1.14. The first-order chi connectivity index (χ1) is 19.8. The molecule has 2 aliphatic rings. The van der Waals surface area contributed by atoms with Gasteiger partial charge < -0.3 is 4.74 Å². The monoisotopic (exact) mass is 566 g/mol. The van der Waals surface area contributed by atoms with Gasteiger partial charge in [0.2, 0.25) is 0 Å². The normalized spacial score (nSPS) is 23.7. The summed E-state index contributed by atoms with van der Waals surface area (Å²) in [4.78, 5) is 12.5. The summed E-state index contributed by atoms with van der Waals surface area (Å²) in [5, 5.41) is 0. The molecule has 2 fully saturated rings. The molecular formula is C37H52F2O2. The van der Waals surface area contributed by atoms with Gasteiger partial charge in [0.1, 0.15) is 11.6 Å². The topological polar surface area (TPSA) is 26.3 Å². The molecule has 4 rings (SSSR count). The van der Waals surface area contributed by atoms with Crippen LogP contribution in [0.5, 0.6) is 0 Å². The molecule has 0 N–H and O–H groups in total. The predicted molar refractivity (Wildman–Crippen MR) is 164 cm³/mol. The van der Waals surface area contributed by atoms with Crippen LogP contribution in [0.3, 0.4) is 0 Å². The van der Waals surface area contributed by atoms with Crippen molar-refractivity contribution in [3.8, 4) is 0 Å². The number of hydrogen-bond acceptors (Lipinski definition) is 2. The zero-order chi connectivity index (χ0) is 29.2. The molecule has 2 aromatic rings. The van der Waals surface area contributed by atoms with Gasteiger partial charge in [-0.2, -0.15) is 0 Å². The zero-order valence-corrected chi connectivity index (χ0v) is 25.7. The maximum absolute atomic E-state index is 15.0. The van der Waals surface area contributed by atoms with Crippen molar-refractivity contribution < 1.29 is 18.3 Å². The van der Waals surface area contributed by atoms with Crippen LogP contribution in [0.2, 0.25) is 0 Å². The molecule has 2 aromatic carbocycles. The lowest BCUT2D eigenvalue weighted by Gasteiger charge is -2.30. The van der Waals surface area contributed by atoms with Crippen LogP contribution in [0.25, 0.3) is 0 Å². The first kappa shape index (κ1) is 31.7. The maximum Gasteiger partial charge on any atom is 0.341 e. The molecule has 41 heavy (non-hydrogen) atoms. The molecule has 2 aliphatic carbocycles. The van der Waals surface area contributed by atoms with Crippen molar-refractivity contribution in [1.29, 1.82) is 0 Å². The van der Waals surface area contributed by atoms with Crippen LogP contribution in [0, 0.1) is 30.4 Å². The van der Waals surface area contributed by atoms with E-state index in [4.69, 9.17) is 4.74 Å². The molecule has 1 atom stereocenters. The summed E-state index contributed by atoms with van der Waals surface area (Å²) in [5.74, 6) is 0.450. The minimum atomic E-state index is -0.764. The number of carbonyl (C=O) groups is 1. The molecule has 0 heterocycles. The van der Waals surface area contributed by atoms with Crippen molar-refractivity contribution in [2.45, 2.75) is 141 Å². The largest absolute Gasteiger partial charge is 0.459 e. The van der Waals surface area contributed by atoms with Gasteiger partial charge in [0.25, 0.3) is 0 Å². The van der Waals surface area contributed by atoms with E-state index in [9.17, 15) is 9.18 Å². The standard InChI is InChI=1S/C37H52F2O2/c1-4-5-6-9-27(3)41-37(40)34-25-35(38)33(24-36(34)39)32-22-16-29(17-23-32)11-8-7-10-28-14-20-31(21-15-28)30-18-12-26(2)13-19-30/h12-13,18-19,24-25,27-29,31-32H,4-11,14-17,20-23H2,1-3H3. The summed E-state index contributed by atoms with van der Waals surface area (Å²) in [6.45, 7) is 6.08. The summed E-state index contributed by atoms with van der Waals surface area (Å²) < 4.78 is 35.3. The van der Waals surface area contributed by atoms with Gasteiger partial charge in [-0.15, -0.1) is 0 Å². The Hall–Kier alpha value is -2.23. The van der Waals surface area contributed by atoms with E-state index in [1.54, 1.807) is 0 Å². The van der Waals surface area contributed by atoms with Crippen molar-refractivity contribution in [3.05, 3.63) is 70.3 Å². The Morgan fingerprint density at radius 2 is 1.39 bits per heavy atom. The molecule has 4 heteroatoms. The molecule has 0 bridgehead atoms. The molecule has 1 unspecified atom stereocenters. The average Bonchev–Trinajstić information content (AvgIpc) is 2.97. The molecule has 226 valence electrons. The van der Waals surface area contributed by atoms with Crippen LogP contribution in [-0.2, 0) is 4.74 Å². The fourth-order valence-electron chi connectivity index (χ4n) is 7.27. The number of carbonyl (C=O) groups excluding carboxylic acids is 1. The number of unbranched alkanes of at least 4 members (excludes halogenated alkanes) is 3. The second kappa shape index (κ2) is 15.8. The van der Waals surface area contributed by atoms with Gasteiger partial charge in [-0.1, -0.05) is 75.3 Å². The Morgan fingerprint density at radius 1 is 0.805 bits per heavy atom. The lowest BCUT2D eigenvalue weighted by molar-refractivity contribution is 0.0313. The summed E-state index contributed by atoms with van der Waals surface area (Å²) in [5.41, 5.74) is 3.00. The second-order valence-corrected chi connectivity index (χ2v) is 13.2. The third-order valence-corrected chi connectivity index (χ3v) is 9.99. The lowest BCUT2D eigenvalue weighted by Crippen LogP contribution is -2.18. The summed E-state index contributed by atoms with van der Waals surface area (Å²) in [6.07, 6.45) is 18.1. The van der Waals surface area contributed by atoms with Crippen molar-refractivity contribution in [2.24, 2.45) is 11.8 Å². The highest BCUT2D eigenvalue weighted by atomic mass is 19.1. The Kier molecular flexibility index (Phi) is 12.3. The number of benzene rings is 2. The minimum absolute atomic E-state index is 0.0301. The number of halogens is 2. The highest BCUT2D eigenvalue weighted by molar-refractivity contribution is 5.90. The van der Waals surface area contributed by atoms with E-state index in [2.05, 4.69) is 38.1 Å². The van der Waals surface area contributed by atoms with Gasteiger partial charge in [-0.3, -0.25) is 0 Å². The van der Waals surface area contributed by atoms with Gasteiger partial charge in [-0.05, 0) is 125 Å². The third kappa shape index (κ3) is 9.38. The third-order valence-electron chi connectivity index (χ3n) is 9.99. The first-order valence-corrected chi connectivity index (χ1v) is 16.6. The van der Waals surface area contributed by atoms with E-state index in [-0.39, 0.29) is 17.6 Å².